The molecule has 1 aliphatic rings. The number of hydrogen-bond acceptors (Lipinski definition) is 0. The van der Waals surface area contributed by atoms with Gasteiger partial charge in [0.1, 0.15) is 0 Å². The summed E-state index contributed by atoms with van der Waals surface area (Å²) in [7, 11) is 0. The first-order chi connectivity index (χ1) is 47.3. The van der Waals surface area contributed by atoms with Crippen molar-refractivity contribution in [2.24, 2.45) is 0 Å². The molecule has 2 nitrogen and oxygen atoms in total. The van der Waals surface area contributed by atoms with Crippen LogP contribution in [0.5, 0.6) is 0 Å². The van der Waals surface area contributed by atoms with E-state index in [1.54, 1.807) is 10.3 Å². The molecule has 97 heavy (non-hydrogen) atoms. The van der Waals surface area contributed by atoms with Gasteiger partial charge in [0.15, 0.2) is 0 Å². The standard InChI is InChI=1S/C42H64N2.2C26H53.Ni/c1-9-17-19-21-26-40-39(25-20-18-10-2)41(35-27-31(14-6)37(16-8)32(15-7)28-35)44(43)42(40)36-29-33(22-11-3)38(24-13-5)34(30-36)23-12-4;2*1-3-5-7-9-11-13-15-17-19-21-23-25-26-24-22-20-18-16-14-12-10-8-6-4-2;/h27-30H,9-26H2,1-8H3;2*1,3-26H2,2H3;/q;2*-1;+2. The Labute approximate surface area is 621 Å². The molecule has 0 spiro atoms. The minimum Gasteiger partial charge on any atom is -0.493 e. The Morgan fingerprint density at radius 3 is 0.680 bits per heavy atom. The Balaban J connectivity index is 0.00000151. The Morgan fingerprint density at radius 2 is 0.454 bits per heavy atom. The minimum atomic E-state index is 0. The van der Waals surface area contributed by atoms with Crippen LogP contribution in [0.25, 0.3) is 16.9 Å². The predicted molar refractivity (Wildman–Crippen MR) is 437 cm³/mol. The second-order valence-corrected chi connectivity index (χ2v) is 30.4. The van der Waals surface area contributed by atoms with Crippen molar-refractivity contribution in [2.75, 3.05) is 0 Å². The van der Waals surface area contributed by atoms with Gasteiger partial charge in [-0.3, -0.25) is 0 Å². The molecule has 566 valence electrons. The number of benzene rings is 2. The van der Waals surface area contributed by atoms with Crippen molar-refractivity contribution in [3.05, 3.63) is 99.3 Å². The molecule has 0 aliphatic carbocycles. The molecule has 1 heterocycles. The van der Waals surface area contributed by atoms with Crippen LogP contribution in [0.2, 0.25) is 0 Å². The van der Waals surface area contributed by atoms with Gasteiger partial charge in [0, 0.05) is 22.3 Å². The smallest absolute Gasteiger partial charge is 0.493 e. The predicted octanol–water partition coefficient (Wildman–Crippen LogP) is 33.4. The van der Waals surface area contributed by atoms with Crippen LogP contribution in [-0.4, -0.2) is 4.70 Å². The summed E-state index contributed by atoms with van der Waals surface area (Å²) >= 11 is 0. The summed E-state index contributed by atoms with van der Waals surface area (Å²) in [5.41, 5.74) is 28.7. The molecule has 0 radical (unpaired) electrons. The molecule has 2 aromatic rings. The van der Waals surface area contributed by atoms with E-state index in [2.05, 4.69) is 107 Å². The summed E-state index contributed by atoms with van der Waals surface area (Å²) in [4.78, 5) is 0. The van der Waals surface area contributed by atoms with E-state index in [0.717, 1.165) is 88.4 Å². The summed E-state index contributed by atoms with van der Waals surface area (Å²) in [6.45, 7) is 30.8. The van der Waals surface area contributed by atoms with Crippen LogP contribution in [-0.2, 0) is 55.0 Å². The Bertz CT molecular complexity index is 1970. The van der Waals surface area contributed by atoms with Gasteiger partial charge in [0.05, 0.1) is 0 Å². The van der Waals surface area contributed by atoms with Gasteiger partial charge in [0.25, 0.3) is 0 Å². The third-order valence-corrected chi connectivity index (χ3v) is 21.4. The minimum absolute atomic E-state index is 0. The van der Waals surface area contributed by atoms with Crippen molar-refractivity contribution in [1.82, 2.24) is 0 Å². The van der Waals surface area contributed by atoms with Crippen molar-refractivity contribution in [1.29, 1.82) is 0 Å². The maximum absolute atomic E-state index is 12.4. The second-order valence-electron chi connectivity index (χ2n) is 30.4. The molecular weight excluding hydrogens is 1220 g/mol. The van der Waals surface area contributed by atoms with Crippen LogP contribution < -0.4 is 0 Å². The van der Waals surface area contributed by atoms with Crippen LogP contribution in [0.3, 0.4) is 0 Å². The number of aryl methyl sites for hydroxylation is 4. The number of rotatable bonds is 66. The average molecular weight is 1390 g/mol. The molecule has 0 unspecified atom stereocenters. The molecular formula is C94H170N2Ni. The molecule has 0 aromatic heterocycles. The van der Waals surface area contributed by atoms with Gasteiger partial charge in [0.2, 0.25) is 11.4 Å². The quantitative estimate of drug-likeness (QED) is 0.0273. The second kappa shape index (κ2) is 71.0. The van der Waals surface area contributed by atoms with Crippen molar-refractivity contribution in [3.8, 4) is 0 Å². The van der Waals surface area contributed by atoms with Gasteiger partial charge < -0.3 is 19.4 Å². The van der Waals surface area contributed by atoms with Gasteiger partial charge >= 0.3 is 16.5 Å². The fourth-order valence-electron chi connectivity index (χ4n) is 15.5. The number of unbranched alkanes of at least 4 members (excludes halogenated alkanes) is 51. The Morgan fingerprint density at radius 1 is 0.237 bits per heavy atom. The van der Waals surface area contributed by atoms with E-state index in [1.807, 2.05) is 0 Å². The Hall–Kier alpha value is -1.99. The third kappa shape index (κ3) is 47.1. The van der Waals surface area contributed by atoms with E-state index < -0.39 is 0 Å². The van der Waals surface area contributed by atoms with Crippen molar-refractivity contribution >= 4 is 11.4 Å². The topological polar surface area (TPSA) is 25.3 Å². The van der Waals surface area contributed by atoms with Gasteiger partial charge in [-0.1, -0.05) is 416 Å². The van der Waals surface area contributed by atoms with E-state index >= 15 is 0 Å². The monoisotopic (exact) mass is 1390 g/mol. The third-order valence-electron chi connectivity index (χ3n) is 21.4. The maximum atomic E-state index is 12.4. The molecule has 0 fully saturated rings. The molecule has 0 N–H and O–H groups in total. The number of hydrogen-bond donors (Lipinski definition) is 0. The average Bonchev–Trinajstić information content (AvgIpc) is 1.61. The molecule has 2 aromatic carbocycles. The van der Waals surface area contributed by atoms with Crippen molar-refractivity contribution in [3.63, 3.8) is 0 Å². The zero-order chi connectivity index (χ0) is 70.0. The summed E-state index contributed by atoms with van der Waals surface area (Å²) in [5, 5.41) is 0. The first kappa shape index (κ1) is 95.0. The molecule has 3 rings (SSSR count). The molecule has 0 atom stereocenters. The van der Waals surface area contributed by atoms with E-state index in [1.165, 1.54) is 397 Å². The zero-order valence-electron chi connectivity index (χ0n) is 67.6. The van der Waals surface area contributed by atoms with E-state index in [0.29, 0.717) is 0 Å². The molecule has 0 amide bonds. The van der Waals surface area contributed by atoms with Crippen LogP contribution in [0, 0.1) is 13.8 Å². The number of allylic oxidation sites excluding steroid dienone is 2. The van der Waals surface area contributed by atoms with Crippen molar-refractivity contribution in [2.45, 2.75) is 493 Å². The summed E-state index contributed by atoms with van der Waals surface area (Å²) in [6, 6.07) is 9.73. The normalized spacial score (nSPS) is 12.2. The van der Waals surface area contributed by atoms with Gasteiger partial charge in [-0.05, 0) is 122 Å². The van der Waals surface area contributed by atoms with Gasteiger partial charge in [-0.15, -0.1) is 0 Å². The summed E-state index contributed by atoms with van der Waals surface area (Å²) in [5.74, 6) is 0. The van der Waals surface area contributed by atoms with Crippen LogP contribution in [0.1, 0.15) is 499 Å². The van der Waals surface area contributed by atoms with Crippen molar-refractivity contribution < 1.29 is 21.2 Å². The SMILES string of the molecule is CCCCCCC1=C(c2cc(CCC)c(CCC)c(CCC)c2)[N+](=[N-])C(c2cc(CC)c(CC)c(CC)c2)=C1CCCCC.[CH2-]CCCCCCCCCCCCCCCCCCCCCCCCC.[CH2-]CCCCCCCCCCCCCCCCCCCCCCCCC.[Ni+2]. The van der Waals surface area contributed by atoms with E-state index in [4.69, 9.17) is 0 Å². The molecule has 1 aliphatic heterocycles. The first-order valence-electron chi connectivity index (χ1n) is 44.1. The van der Waals surface area contributed by atoms with Gasteiger partial charge in [-0.2, -0.15) is 12.8 Å². The van der Waals surface area contributed by atoms with Gasteiger partial charge in [-0.25, -0.2) is 4.70 Å². The summed E-state index contributed by atoms with van der Waals surface area (Å²) in [6.07, 6.45) is 90.1. The first-order valence-corrected chi connectivity index (χ1v) is 44.1. The van der Waals surface area contributed by atoms with Crippen LogP contribution >= 0.6 is 0 Å². The Kier molecular flexibility index (Phi) is 69.6. The maximum Gasteiger partial charge on any atom is 2.00 e. The fraction of sp³-hybridized carbons (Fsp3) is 0.809. The summed E-state index contributed by atoms with van der Waals surface area (Å²) < 4.78 is 1.65. The molecule has 0 saturated carbocycles. The molecule has 3 heteroatoms. The molecule has 0 bridgehead atoms. The van der Waals surface area contributed by atoms with Crippen LogP contribution in [0.4, 0.5) is 0 Å². The fourth-order valence-corrected chi connectivity index (χ4v) is 15.5. The largest absolute Gasteiger partial charge is 2.00 e. The number of nitrogens with zero attached hydrogens (tertiary/aromatic N) is 2. The van der Waals surface area contributed by atoms with Crippen LogP contribution in [0.15, 0.2) is 35.4 Å². The van der Waals surface area contributed by atoms with E-state index in [-0.39, 0.29) is 16.5 Å². The molecule has 0 saturated heterocycles. The zero-order valence-corrected chi connectivity index (χ0v) is 68.6. The van der Waals surface area contributed by atoms with E-state index in [9.17, 15) is 5.53 Å².